The summed E-state index contributed by atoms with van der Waals surface area (Å²) in [5.41, 5.74) is 0.994. The van der Waals surface area contributed by atoms with E-state index in [2.05, 4.69) is 9.98 Å². The molecule has 0 aromatic heterocycles. The van der Waals surface area contributed by atoms with E-state index in [1.54, 1.807) is 24.3 Å². The predicted octanol–water partition coefficient (Wildman–Crippen LogP) is 0.562. The third kappa shape index (κ3) is 6.74. The van der Waals surface area contributed by atoms with Gasteiger partial charge < -0.3 is 25.2 Å². The molecule has 2 rings (SSSR count). The van der Waals surface area contributed by atoms with Gasteiger partial charge in [0.1, 0.15) is 11.5 Å². The Balaban J connectivity index is 0.00000312. The first-order valence-corrected chi connectivity index (χ1v) is 7.34. The standard InChI is InChI=1S/C18H20N2O4.Ni.H2O/c1-23-15-5-3-13(17(21)9-15)11-19-7-8-20-12-14-4-6-16(24-2)10-18(14)22;;/h3-6,9-12,21-22H,7-8H2,1-2H3;;1H2/q;+2;/p-2. The molecule has 0 heterocycles. The van der Waals surface area contributed by atoms with Crippen LogP contribution in [0.1, 0.15) is 11.1 Å². The van der Waals surface area contributed by atoms with Crippen molar-refractivity contribution in [1.29, 1.82) is 0 Å². The van der Waals surface area contributed by atoms with E-state index in [0.717, 1.165) is 0 Å². The molecule has 0 saturated heterocycles. The zero-order valence-corrected chi connectivity index (χ0v) is 15.4. The molecule has 8 heteroatoms. The van der Waals surface area contributed by atoms with Gasteiger partial charge in [0, 0.05) is 12.4 Å². The smallest absolute Gasteiger partial charge is 0.872 e. The van der Waals surface area contributed by atoms with Gasteiger partial charge in [0.2, 0.25) is 0 Å². The molecule has 0 atom stereocenters. The molecule has 0 radical (unpaired) electrons. The quantitative estimate of drug-likeness (QED) is 0.381. The van der Waals surface area contributed by atoms with E-state index in [1.165, 1.54) is 38.8 Å². The monoisotopic (exact) mass is 402 g/mol. The molecule has 0 amide bonds. The van der Waals surface area contributed by atoms with Crippen LogP contribution in [0.25, 0.3) is 0 Å². The summed E-state index contributed by atoms with van der Waals surface area (Å²) in [5.74, 6) is 0.760. The molecule has 0 saturated carbocycles. The van der Waals surface area contributed by atoms with Gasteiger partial charge in [-0.25, -0.2) is 0 Å². The van der Waals surface area contributed by atoms with E-state index < -0.39 is 0 Å². The average molecular weight is 403 g/mol. The second-order valence-corrected chi connectivity index (χ2v) is 4.88. The summed E-state index contributed by atoms with van der Waals surface area (Å²) in [6, 6.07) is 9.57. The summed E-state index contributed by atoms with van der Waals surface area (Å²) in [6.07, 6.45) is 3.04. The first kappa shape index (κ1) is 23.4. The number of aliphatic imine (C=N–C) groups is 2. The molecule has 0 unspecified atom stereocenters. The molecular formula is C18H20N2NiO5. The number of hydrogen-bond donors (Lipinski definition) is 0. The van der Waals surface area contributed by atoms with E-state index in [4.69, 9.17) is 9.47 Å². The number of hydrogen-bond acceptors (Lipinski definition) is 6. The molecule has 0 aliphatic heterocycles. The Morgan fingerprint density at radius 3 is 1.50 bits per heavy atom. The topological polar surface area (TPSA) is 121 Å². The summed E-state index contributed by atoms with van der Waals surface area (Å²) in [4.78, 5) is 8.32. The van der Waals surface area contributed by atoms with Crippen molar-refractivity contribution < 1.29 is 41.7 Å². The van der Waals surface area contributed by atoms with Crippen LogP contribution in [0.5, 0.6) is 23.0 Å². The van der Waals surface area contributed by atoms with E-state index in [-0.39, 0.29) is 33.5 Å². The van der Waals surface area contributed by atoms with Gasteiger partial charge in [-0.15, -0.1) is 0 Å². The van der Waals surface area contributed by atoms with Gasteiger partial charge in [-0.1, -0.05) is 23.6 Å². The van der Waals surface area contributed by atoms with Crippen molar-refractivity contribution in [3.63, 3.8) is 0 Å². The Kier molecular flexibility index (Phi) is 10.7. The summed E-state index contributed by atoms with van der Waals surface area (Å²) < 4.78 is 9.95. The zero-order chi connectivity index (χ0) is 17.4. The number of nitrogens with zero attached hydrogens (tertiary/aromatic N) is 2. The van der Waals surface area contributed by atoms with Gasteiger partial charge in [-0.3, -0.25) is 9.98 Å². The maximum Gasteiger partial charge on any atom is 2.00 e. The van der Waals surface area contributed by atoms with Crippen molar-refractivity contribution in [3.05, 3.63) is 47.5 Å². The summed E-state index contributed by atoms with van der Waals surface area (Å²) >= 11 is 0. The number of methoxy groups -OCH3 is 2. The second kappa shape index (κ2) is 11.9. The first-order chi connectivity index (χ1) is 11.6. The minimum atomic E-state index is -0.143. The van der Waals surface area contributed by atoms with Crippen LogP contribution in [0.4, 0.5) is 0 Å². The predicted molar refractivity (Wildman–Crippen MR) is 93.4 cm³/mol. The van der Waals surface area contributed by atoms with Gasteiger partial charge in [0.25, 0.3) is 0 Å². The van der Waals surface area contributed by atoms with Crippen molar-refractivity contribution in [2.24, 2.45) is 9.98 Å². The normalized spacial score (nSPS) is 10.4. The first-order valence-electron chi connectivity index (χ1n) is 7.34. The van der Waals surface area contributed by atoms with Crippen LogP contribution >= 0.6 is 0 Å². The van der Waals surface area contributed by atoms with Crippen LogP contribution in [-0.4, -0.2) is 45.2 Å². The Hall–Kier alpha value is -2.57. The van der Waals surface area contributed by atoms with Gasteiger partial charge in [-0.2, -0.15) is 0 Å². The van der Waals surface area contributed by atoms with Gasteiger partial charge >= 0.3 is 16.5 Å². The molecular weight excluding hydrogens is 383 g/mol. The summed E-state index contributed by atoms with van der Waals surface area (Å²) in [5, 5.41) is 23.5. The SMILES string of the molecule is COc1ccc(C=NCCN=Cc2ccc(OC)cc2[O-])c([O-])c1.O.[Ni+2]. The van der Waals surface area contributed by atoms with Crippen molar-refractivity contribution in [2.45, 2.75) is 0 Å². The van der Waals surface area contributed by atoms with Gasteiger partial charge in [0.15, 0.2) is 0 Å². The minimum absolute atomic E-state index is 0. The molecule has 2 N–H and O–H groups in total. The molecule has 142 valence electrons. The second-order valence-electron chi connectivity index (χ2n) is 4.88. The van der Waals surface area contributed by atoms with Crippen molar-refractivity contribution in [2.75, 3.05) is 27.3 Å². The molecule has 26 heavy (non-hydrogen) atoms. The third-order valence-electron chi connectivity index (χ3n) is 3.26. The maximum absolute atomic E-state index is 11.7. The van der Waals surface area contributed by atoms with Crippen LogP contribution in [0.3, 0.4) is 0 Å². The maximum atomic E-state index is 11.7. The fraction of sp³-hybridized carbons (Fsp3) is 0.222. The molecule has 0 aliphatic rings. The molecule has 0 bridgehead atoms. The molecule has 2 aromatic rings. The van der Waals surface area contributed by atoms with Crippen LogP contribution in [0.2, 0.25) is 0 Å². The van der Waals surface area contributed by atoms with E-state index in [1.807, 2.05) is 0 Å². The summed E-state index contributed by atoms with van der Waals surface area (Å²) in [6.45, 7) is 0.846. The molecule has 0 fully saturated rings. The Bertz CT molecular complexity index is 687. The Morgan fingerprint density at radius 1 is 0.808 bits per heavy atom. The minimum Gasteiger partial charge on any atom is -0.872 e. The number of rotatable bonds is 7. The van der Waals surface area contributed by atoms with E-state index in [0.29, 0.717) is 35.7 Å². The Labute approximate surface area is 162 Å². The van der Waals surface area contributed by atoms with E-state index in [9.17, 15) is 10.2 Å². The Morgan fingerprint density at radius 2 is 1.19 bits per heavy atom. The molecule has 0 spiro atoms. The number of ether oxygens (including phenoxy) is 2. The van der Waals surface area contributed by atoms with Gasteiger partial charge in [-0.05, 0) is 35.4 Å². The number of benzene rings is 2. The van der Waals surface area contributed by atoms with Crippen molar-refractivity contribution in [1.82, 2.24) is 0 Å². The van der Waals surface area contributed by atoms with E-state index >= 15 is 0 Å². The van der Waals surface area contributed by atoms with Crippen molar-refractivity contribution in [3.8, 4) is 23.0 Å². The fourth-order valence-corrected chi connectivity index (χ4v) is 1.94. The van der Waals surface area contributed by atoms with Gasteiger partial charge in [0.05, 0.1) is 27.3 Å². The fourth-order valence-electron chi connectivity index (χ4n) is 1.94. The van der Waals surface area contributed by atoms with Crippen molar-refractivity contribution >= 4 is 12.4 Å². The third-order valence-corrected chi connectivity index (χ3v) is 3.26. The largest absolute Gasteiger partial charge is 2.00 e. The van der Waals surface area contributed by atoms with Crippen LogP contribution in [-0.2, 0) is 16.5 Å². The van der Waals surface area contributed by atoms with Crippen LogP contribution in [0, 0.1) is 0 Å². The summed E-state index contributed by atoms with van der Waals surface area (Å²) in [7, 11) is 3.02. The molecule has 2 aromatic carbocycles. The van der Waals surface area contributed by atoms with Crippen LogP contribution in [0.15, 0.2) is 46.4 Å². The molecule has 7 nitrogen and oxygen atoms in total. The zero-order valence-electron chi connectivity index (χ0n) is 14.4. The average Bonchev–Trinajstić information content (AvgIpc) is 2.60. The van der Waals surface area contributed by atoms with Crippen LogP contribution < -0.4 is 19.7 Å². The molecule has 0 aliphatic carbocycles.